The molecule has 1 aromatic rings. The second-order valence-corrected chi connectivity index (χ2v) is 7.90. The third-order valence-electron chi connectivity index (χ3n) is 7.10. The molecule has 1 spiro atoms. The molecule has 1 aromatic carbocycles. The van der Waals surface area contributed by atoms with Crippen LogP contribution in [0.4, 0.5) is 11.4 Å². The van der Waals surface area contributed by atoms with Gasteiger partial charge in [0.2, 0.25) is 0 Å². The number of fused-ring (bicyclic) bond motifs is 5. The summed E-state index contributed by atoms with van der Waals surface area (Å²) in [5, 5.41) is 0. The lowest BCUT2D eigenvalue weighted by Crippen LogP contribution is -2.55. The Hall–Kier alpha value is -2.36. The van der Waals surface area contributed by atoms with Crippen molar-refractivity contribution in [3.05, 3.63) is 60.7 Å². The van der Waals surface area contributed by atoms with Crippen molar-refractivity contribution < 1.29 is 0 Å². The van der Waals surface area contributed by atoms with E-state index in [2.05, 4.69) is 90.2 Å². The van der Waals surface area contributed by atoms with Gasteiger partial charge < -0.3 is 19.6 Å². The molecule has 24 heavy (non-hydrogen) atoms. The van der Waals surface area contributed by atoms with Crippen molar-refractivity contribution in [2.75, 3.05) is 23.9 Å². The highest BCUT2D eigenvalue weighted by Crippen LogP contribution is 2.74. The zero-order chi connectivity index (χ0) is 16.4. The number of rotatable bonds is 0. The summed E-state index contributed by atoms with van der Waals surface area (Å²) in [5.74, 6) is 1.03. The molecule has 4 heteroatoms. The van der Waals surface area contributed by atoms with E-state index in [1.54, 1.807) is 0 Å². The van der Waals surface area contributed by atoms with Gasteiger partial charge in [-0.05, 0) is 12.1 Å². The molecule has 1 fully saturated rings. The van der Waals surface area contributed by atoms with Crippen LogP contribution in [0.1, 0.15) is 12.5 Å². The second kappa shape index (κ2) is 3.66. The Balaban J connectivity index is 1.68. The van der Waals surface area contributed by atoms with Crippen molar-refractivity contribution in [2.45, 2.75) is 24.7 Å². The zero-order valence-electron chi connectivity index (χ0n) is 14.3. The van der Waals surface area contributed by atoms with Crippen molar-refractivity contribution in [3.8, 4) is 0 Å². The van der Waals surface area contributed by atoms with Crippen LogP contribution in [-0.2, 0) is 5.41 Å². The minimum absolute atomic E-state index is 0.120. The quantitative estimate of drug-likeness (QED) is 0.682. The lowest BCUT2D eigenvalue weighted by Gasteiger charge is -2.50. The maximum atomic E-state index is 4.57. The molecule has 0 N–H and O–H groups in total. The fourth-order valence-electron chi connectivity index (χ4n) is 6.12. The molecule has 122 valence electrons. The molecule has 1 aliphatic carbocycles. The first-order valence-corrected chi connectivity index (χ1v) is 8.78. The highest BCUT2D eigenvalue weighted by Gasteiger charge is 2.74. The van der Waals surface area contributed by atoms with E-state index in [9.17, 15) is 0 Å². The number of anilines is 2. The topological polar surface area (TPSA) is 13.0 Å². The van der Waals surface area contributed by atoms with Gasteiger partial charge in [-0.1, -0.05) is 25.1 Å². The number of hydrogen-bond acceptors (Lipinski definition) is 4. The molecule has 0 amide bonds. The summed E-state index contributed by atoms with van der Waals surface area (Å²) in [6, 6.07) is 6.78. The first kappa shape index (κ1) is 13.0. The molecule has 4 heterocycles. The molecule has 5 aliphatic rings. The highest BCUT2D eigenvalue weighted by molar-refractivity contribution is 5.84. The Morgan fingerprint density at radius 1 is 0.917 bits per heavy atom. The van der Waals surface area contributed by atoms with Gasteiger partial charge in [-0.25, -0.2) is 0 Å². The lowest BCUT2D eigenvalue weighted by molar-refractivity contribution is 0.185. The van der Waals surface area contributed by atoms with Crippen LogP contribution in [0.25, 0.3) is 0 Å². The first-order valence-electron chi connectivity index (χ1n) is 8.78. The number of benzene rings is 1. The van der Waals surface area contributed by atoms with Crippen molar-refractivity contribution in [1.29, 1.82) is 0 Å². The van der Waals surface area contributed by atoms with Gasteiger partial charge in [0, 0.05) is 73.1 Å². The van der Waals surface area contributed by atoms with Gasteiger partial charge in [0.15, 0.2) is 0 Å². The predicted molar refractivity (Wildman–Crippen MR) is 96.3 cm³/mol. The summed E-state index contributed by atoms with van der Waals surface area (Å²) in [5.41, 5.74) is 5.77. The van der Waals surface area contributed by atoms with Crippen LogP contribution in [0.5, 0.6) is 0 Å². The summed E-state index contributed by atoms with van der Waals surface area (Å²) in [6.45, 7) is 6.99. The monoisotopic (exact) mass is 318 g/mol. The van der Waals surface area contributed by atoms with Gasteiger partial charge in [-0.15, -0.1) is 0 Å². The fourth-order valence-corrected chi connectivity index (χ4v) is 6.12. The molecule has 5 unspecified atom stereocenters. The maximum Gasteiger partial charge on any atom is 0.113 e. The molecule has 4 nitrogen and oxygen atoms in total. The highest BCUT2D eigenvalue weighted by atomic mass is 15.4. The van der Waals surface area contributed by atoms with E-state index in [0.29, 0.717) is 24.2 Å². The molecule has 1 saturated carbocycles. The Bertz CT molecular complexity index is 841. The molecule has 6 rings (SSSR count). The van der Waals surface area contributed by atoms with Gasteiger partial charge in [0.25, 0.3) is 0 Å². The summed E-state index contributed by atoms with van der Waals surface area (Å²) in [7, 11) is 4.39. The van der Waals surface area contributed by atoms with Crippen molar-refractivity contribution in [3.63, 3.8) is 0 Å². The van der Waals surface area contributed by atoms with Crippen LogP contribution in [0.3, 0.4) is 0 Å². The van der Waals surface area contributed by atoms with E-state index >= 15 is 0 Å². The Kier molecular flexibility index (Phi) is 1.98. The summed E-state index contributed by atoms with van der Waals surface area (Å²) < 4.78 is 0. The first-order chi connectivity index (χ1) is 11.6. The van der Waals surface area contributed by atoms with E-state index in [4.69, 9.17) is 0 Å². The molecule has 0 bridgehead atoms. The maximum absolute atomic E-state index is 4.57. The summed E-state index contributed by atoms with van der Waals surface area (Å²) >= 11 is 0. The molecule has 0 radical (unpaired) electrons. The molecular formula is C20H22N4. The average molecular weight is 318 g/mol. The fraction of sp³-hybridized carbons (Fsp3) is 0.400. The molecule has 0 saturated heterocycles. The lowest BCUT2D eigenvalue weighted by atomic mass is 9.72. The van der Waals surface area contributed by atoms with E-state index < -0.39 is 0 Å². The Morgan fingerprint density at radius 3 is 2.17 bits per heavy atom. The third-order valence-corrected chi connectivity index (χ3v) is 7.10. The van der Waals surface area contributed by atoms with Gasteiger partial charge in [-0.3, -0.25) is 0 Å². The van der Waals surface area contributed by atoms with Crippen LogP contribution < -0.4 is 9.80 Å². The van der Waals surface area contributed by atoms with Gasteiger partial charge in [0.1, 0.15) is 12.3 Å². The van der Waals surface area contributed by atoms with Crippen LogP contribution in [0.2, 0.25) is 0 Å². The minimum atomic E-state index is 0.120. The van der Waals surface area contributed by atoms with Crippen molar-refractivity contribution in [1.82, 2.24) is 9.80 Å². The van der Waals surface area contributed by atoms with Gasteiger partial charge in [-0.2, -0.15) is 0 Å². The third kappa shape index (κ3) is 1.08. The van der Waals surface area contributed by atoms with E-state index in [0.717, 1.165) is 0 Å². The Morgan fingerprint density at radius 2 is 1.50 bits per heavy atom. The smallest absolute Gasteiger partial charge is 0.113 e. The van der Waals surface area contributed by atoms with Gasteiger partial charge in [0.05, 0.1) is 0 Å². The van der Waals surface area contributed by atoms with Crippen molar-refractivity contribution >= 4 is 11.4 Å². The number of nitrogens with zero attached hydrogens (tertiary/aromatic N) is 4. The second-order valence-electron chi connectivity index (χ2n) is 7.90. The molecular weight excluding hydrogens is 296 g/mol. The molecule has 5 atom stereocenters. The molecule has 4 aliphatic heterocycles. The van der Waals surface area contributed by atoms with E-state index in [1.807, 2.05) is 0 Å². The number of hydrogen-bond donors (Lipinski definition) is 0. The molecule has 0 aromatic heterocycles. The zero-order valence-corrected chi connectivity index (χ0v) is 14.3. The predicted octanol–water partition coefficient (Wildman–Crippen LogP) is 2.87. The van der Waals surface area contributed by atoms with E-state index in [1.165, 1.54) is 22.5 Å². The SMILES string of the molecule is C=C1C2C3N(C)C=CN3c3cccc4c3C12C(C)C1N(C)C=CN41. The minimum Gasteiger partial charge on any atom is -0.358 e. The summed E-state index contributed by atoms with van der Waals surface area (Å²) in [6.07, 6.45) is 9.66. The normalized spacial score (nSPS) is 39.9. The van der Waals surface area contributed by atoms with E-state index in [-0.39, 0.29) is 5.41 Å². The van der Waals surface area contributed by atoms with Crippen molar-refractivity contribution in [2.24, 2.45) is 11.8 Å². The standard InChI is InChI=1S/C20H22N4/c1-12-16-19-22(4)9-11-24(19)15-7-5-6-14-17(15)20(12,16)13(2)18-21(3)8-10-23(14)18/h5-11,13,16,18-19H,1H2,2-4H3. The van der Waals surface area contributed by atoms with Crippen LogP contribution in [0, 0.1) is 11.8 Å². The summed E-state index contributed by atoms with van der Waals surface area (Å²) in [4.78, 5) is 9.63. The Labute approximate surface area is 142 Å². The largest absolute Gasteiger partial charge is 0.358 e. The average Bonchev–Trinajstić information content (AvgIpc) is 2.87. The van der Waals surface area contributed by atoms with Gasteiger partial charge >= 0.3 is 0 Å². The van der Waals surface area contributed by atoms with Crippen LogP contribution in [-0.4, -0.2) is 36.2 Å². The van der Waals surface area contributed by atoms with Crippen LogP contribution >= 0.6 is 0 Å². The van der Waals surface area contributed by atoms with Crippen LogP contribution in [0.15, 0.2) is 55.2 Å².